The predicted octanol–water partition coefficient (Wildman–Crippen LogP) is 2.66. The van der Waals surface area contributed by atoms with Gasteiger partial charge in [0.25, 0.3) is 0 Å². The number of carbonyl (C=O) groups excluding carboxylic acids is 1. The van der Waals surface area contributed by atoms with Crippen molar-refractivity contribution in [3.63, 3.8) is 0 Å². The number of fused-ring (bicyclic) bond motifs is 5. The Labute approximate surface area is 128 Å². The fourth-order valence-corrected chi connectivity index (χ4v) is 5.69. The third-order valence-electron chi connectivity index (χ3n) is 6.72. The van der Waals surface area contributed by atoms with Gasteiger partial charge in [0.05, 0.1) is 0 Å². The first-order valence-corrected chi connectivity index (χ1v) is 9.31. The second-order valence-corrected chi connectivity index (χ2v) is 7.94. The number of hydrogen-bond donors (Lipinski definition) is 1. The van der Waals surface area contributed by atoms with Gasteiger partial charge in [-0.1, -0.05) is 13.3 Å². The van der Waals surface area contributed by atoms with Crippen molar-refractivity contribution in [1.29, 1.82) is 0 Å². The van der Waals surface area contributed by atoms with E-state index in [0.717, 1.165) is 49.7 Å². The monoisotopic (exact) mass is 290 g/mol. The lowest BCUT2D eigenvalue weighted by Crippen LogP contribution is -2.43. The lowest BCUT2D eigenvalue weighted by molar-refractivity contribution is -0.134. The number of amides is 1. The van der Waals surface area contributed by atoms with Gasteiger partial charge in [-0.15, -0.1) is 0 Å². The summed E-state index contributed by atoms with van der Waals surface area (Å²) in [5, 5.41) is 3.56. The van der Waals surface area contributed by atoms with Crippen LogP contribution in [-0.2, 0) is 4.79 Å². The smallest absolute Gasteiger partial charge is 0.226 e. The average Bonchev–Trinajstić information content (AvgIpc) is 2.92. The predicted molar refractivity (Wildman–Crippen MR) is 83.8 cm³/mol. The summed E-state index contributed by atoms with van der Waals surface area (Å²) in [6.07, 6.45) is 9.14. The molecule has 5 atom stereocenters. The maximum atomic E-state index is 13.0. The Kier molecular flexibility index (Phi) is 3.72. The van der Waals surface area contributed by atoms with Gasteiger partial charge in [-0.3, -0.25) is 4.79 Å². The summed E-state index contributed by atoms with van der Waals surface area (Å²) in [5.41, 5.74) is 0. The molecule has 0 aromatic rings. The molecule has 0 spiro atoms. The van der Waals surface area contributed by atoms with Crippen molar-refractivity contribution < 1.29 is 4.79 Å². The van der Waals surface area contributed by atoms with Crippen molar-refractivity contribution >= 4 is 5.91 Å². The molecule has 0 aromatic heterocycles. The molecule has 3 saturated carbocycles. The van der Waals surface area contributed by atoms with E-state index in [1.165, 1.54) is 38.5 Å². The van der Waals surface area contributed by atoms with Crippen LogP contribution in [0.15, 0.2) is 0 Å². The SMILES string of the molecule is CCCCN(CC1CCCN1)C(=O)C1C2C3CCC(C3)C12. The van der Waals surface area contributed by atoms with E-state index in [1.54, 1.807) is 0 Å². The molecule has 1 heterocycles. The third kappa shape index (κ3) is 2.42. The highest BCUT2D eigenvalue weighted by Gasteiger charge is 2.67. The number of carbonyl (C=O) groups is 1. The zero-order valence-electron chi connectivity index (χ0n) is 13.4. The molecule has 3 aliphatic carbocycles. The van der Waals surface area contributed by atoms with E-state index < -0.39 is 0 Å². The number of nitrogens with zero attached hydrogens (tertiary/aromatic N) is 1. The Morgan fingerprint density at radius 2 is 1.95 bits per heavy atom. The van der Waals surface area contributed by atoms with Gasteiger partial charge < -0.3 is 10.2 Å². The Morgan fingerprint density at radius 3 is 2.57 bits per heavy atom. The number of nitrogens with one attached hydrogen (secondary N) is 1. The van der Waals surface area contributed by atoms with Gasteiger partial charge in [-0.2, -0.15) is 0 Å². The van der Waals surface area contributed by atoms with Crippen molar-refractivity contribution in [2.24, 2.45) is 29.6 Å². The standard InChI is InChI=1S/C18H30N2O/c1-2-3-9-20(11-14-5-4-8-19-14)18(21)17-15-12-6-7-13(10-12)16(15)17/h12-17,19H,2-11H2,1H3. The molecule has 0 radical (unpaired) electrons. The highest BCUT2D eigenvalue weighted by Crippen LogP contribution is 2.69. The molecule has 5 unspecified atom stereocenters. The van der Waals surface area contributed by atoms with Crippen molar-refractivity contribution in [3.05, 3.63) is 0 Å². The van der Waals surface area contributed by atoms with Crippen LogP contribution in [0.3, 0.4) is 0 Å². The molecule has 3 nitrogen and oxygen atoms in total. The average molecular weight is 290 g/mol. The summed E-state index contributed by atoms with van der Waals surface area (Å²) in [6, 6.07) is 0.557. The topological polar surface area (TPSA) is 32.3 Å². The molecule has 4 rings (SSSR count). The van der Waals surface area contributed by atoms with Gasteiger partial charge in [0.15, 0.2) is 0 Å². The molecule has 3 heteroatoms. The van der Waals surface area contributed by atoms with Crippen molar-refractivity contribution in [3.8, 4) is 0 Å². The van der Waals surface area contributed by atoms with Crippen LogP contribution >= 0.6 is 0 Å². The summed E-state index contributed by atoms with van der Waals surface area (Å²) in [6.45, 7) is 5.31. The summed E-state index contributed by atoms with van der Waals surface area (Å²) in [4.78, 5) is 15.3. The van der Waals surface area contributed by atoms with Crippen LogP contribution < -0.4 is 5.32 Å². The van der Waals surface area contributed by atoms with Crippen molar-refractivity contribution in [2.45, 2.75) is 57.9 Å². The Hall–Kier alpha value is -0.570. The maximum Gasteiger partial charge on any atom is 0.226 e. The molecule has 1 saturated heterocycles. The quantitative estimate of drug-likeness (QED) is 0.815. The molecule has 1 N–H and O–H groups in total. The van der Waals surface area contributed by atoms with Crippen LogP contribution in [0, 0.1) is 29.6 Å². The third-order valence-corrected chi connectivity index (χ3v) is 6.72. The first kappa shape index (κ1) is 14.0. The van der Waals surface area contributed by atoms with Crippen molar-refractivity contribution in [2.75, 3.05) is 19.6 Å². The molecule has 1 amide bonds. The molecule has 4 aliphatic rings. The number of hydrogen-bond acceptors (Lipinski definition) is 2. The molecule has 2 bridgehead atoms. The lowest BCUT2D eigenvalue weighted by atomic mass is 10.0. The van der Waals surface area contributed by atoms with E-state index in [4.69, 9.17) is 0 Å². The van der Waals surface area contributed by atoms with Crippen LogP contribution in [0.5, 0.6) is 0 Å². The summed E-state index contributed by atoms with van der Waals surface area (Å²) in [5.74, 6) is 4.34. The van der Waals surface area contributed by atoms with Crippen molar-refractivity contribution in [1.82, 2.24) is 10.2 Å². The largest absolute Gasteiger partial charge is 0.341 e. The fourth-order valence-electron chi connectivity index (χ4n) is 5.69. The minimum Gasteiger partial charge on any atom is -0.341 e. The molecule has 4 fully saturated rings. The zero-order valence-corrected chi connectivity index (χ0v) is 13.4. The summed E-state index contributed by atoms with van der Waals surface area (Å²) < 4.78 is 0. The van der Waals surface area contributed by atoms with E-state index >= 15 is 0 Å². The number of unbranched alkanes of at least 4 members (excludes halogenated alkanes) is 1. The molecular weight excluding hydrogens is 260 g/mol. The normalized spacial score (nSPS) is 43.1. The summed E-state index contributed by atoms with van der Waals surface area (Å²) >= 11 is 0. The van der Waals surface area contributed by atoms with Gasteiger partial charge in [0, 0.05) is 25.0 Å². The maximum absolute atomic E-state index is 13.0. The van der Waals surface area contributed by atoms with E-state index in [-0.39, 0.29) is 0 Å². The minimum absolute atomic E-state index is 0.425. The van der Waals surface area contributed by atoms with Gasteiger partial charge in [-0.05, 0) is 68.7 Å². The van der Waals surface area contributed by atoms with Gasteiger partial charge in [0.2, 0.25) is 5.91 Å². The van der Waals surface area contributed by atoms with Crippen LogP contribution in [0.4, 0.5) is 0 Å². The highest BCUT2D eigenvalue weighted by molar-refractivity contribution is 5.83. The van der Waals surface area contributed by atoms with Crippen LogP contribution in [0.2, 0.25) is 0 Å². The van der Waals surface area contributed by atoms with E-state index in [1.807, 2.05) is 0 Å². The van der Waals surface area contributed by atoms with E-state index in [0.29, 0.717) is 17.9 Å². The number of rotatable bonds is 6. The lowest BCUT2D eigenvalue weighted by Gasteiger charge is -2.27. The molecule has 21 heavy (non-hydrogen) atoms. The van der Waals surface area contributed by atoms with Crippen LogP contribution in [0.25, 0.3) is 0 Å². The Bertz CT molecular complexity index is 388. The highest BCUT2D eigenvalue weighted by atomic mass is 16.2. The van der Waals surface area contributed by atoms with E-state index in [2.05, 4.69) is 17.1 Å². The van der Waals surface area contributed by atoms with Gasteiger partial charge in [-0.25, -0.2) is 0 Å². The zero-order chi connectivity index (χ0) is 14.4. The van der Waals surface area contributed by atoms with Crippen LogP contribution in [-0.4, -0.2) is 36.5 Å². The Balaban J connectivity index is 1.39. The molecule has 0 aromatic carbocycles. The first-order valence-electron chi connectivity index (χ1n) is 9.31. The minimum atomic E-state index is 0.425. The second kappa shape index (κ2) is 5.57. The second-order valence-electron chi connectivity index (χ2n) is 7.94. The van der Waals surface area contributed by atoms with Gasteiger partial charge in [0.1, 0.15) is 0 Å². The Morgan fingerprint density at radius 1 is 1.19 bits per heavy atom. The fraction of sp³-hybridized carbons (Fsp3) is 0.944. The van der Waals surface area contributed by atoms with Crippen LogP contribution in [0.1, 0.15) is 51.9 Å². The van der Waals surface area contributed by atoms with E-state index in [9.17, 15) is 4.79 Å². The molecule has 118 valence electrons. The van der Waals surface area contributed by atoms with Gasteiger partial charge >= 0.3 is 0 Å². The molecule has 1 aliphatic heterocycles. The summed E-state index contributed by atoms with van der Waals surface area (Å²) in [7, 11) is 0. The molecular formula is C18H30N2O. The first-order chi connectivity index (χ1) is 10.3.